The first-order chi connectivity index (χ1) is 7.74. The topological polar surface area (TPSA) is 15.3 Å². The van der Waals surface area contributed by atoms with Gasteiger partial charge in [0.05, 0.1) is 0 Å². The molecular weight excluding hydrogens is 216 g/mol. The molecule has 0 aliphatic carbocycles. The number of hydrogen-bond acceptors (Lipinski definition) is 3. The van der Waals surface area contributed by atoms with Crippen LogP contribution in [-0.4, -0.2) is 30.6 Å². The van der Waals surface area contributed by atoms with Crippen molar-refractivity contribution in [1.29, 1.82) is 0 Å². The average molecular weight is 238 g/mol. The molecule has 1 atom stereocenters. The van der Waals surface area contributed by atoms with Crippen LogP contribution in [0.3, 0.4) is 0 Å². The van der Waals surface area contributed by atoms with Gasteiger partial charge in [-0.15, -0.1) is 11.3 Å². The Hall–Kier alpha value is -0.380. The second-order valence-corrected chi connectivity index (χ2v) is 6.17. The maximum absolute atomic E-state index is 3.61. The number of nitrogens with zero attached hydrogens (tertiary/aromatic N) is 1. The van der Waals surface area contributed by atoms with E-state index in [0.29, 0.717) is 6.04 Å². The molecule has 1 aromatic rings. The minimum atomic E-state index is 0.598. The van der Waals surface area contributed by atoms with Crippen LogP contribution in [0.5, 0.6) is 0 Å². The van der Waals surface area contributed by atoms with Crippen LogP contribution >= 0.6 is 11.3 Å². The van der Waals surface area contributed by atoms with Gasteiger partial charge in [-0.25, -0.2) is 0 Å². The number of thiophene rings is 1. The SMILES string of the molecule is Cc1ccc(CNC(C)CN2CCCC2)s1. The first-order valence-electron chi connectivity index (χ1n) is 6.25. The van der Waals surface area contributed by atoms with Crippen molar-refractivity contribution in [2.24, 2.45) is 0 Å². The van der Waals surface area contributed by atoms with Gasteiger partial charge in [0.25, 0.3) is 0 Å². The highest BCUT2D eigenvalue weighted by Gasteiger charge is 2.14. The summed E-state index contributed by atoms with van der Waals surface area (Å²) in [6.45, 7) is 9.27. The Labute approximate surface area is 103 Å². The van der Waals surface area contributed by atoms with Crippen molar-refractivity contribution in [2.45, 2.75) is 39.3 Å². The lowest BCUT2D eigenvalue weighted by atomic mass is 10.3. The Morgan fingerprint density at radius 2 is 2.12 bits per heavy atom. The zero-order valence-corrected chi connectivity index (χ0v) is 11.1. The molecule has 1 unspecified atom stereocenters. The minimum absolute atomic E-state index is 0.598. The lowest BCUT2D eigenvalue weighted by molar-refractivity contribution is 0.298. The van der Waals surface area contributed by atoms with E-state index in [1.807, 2.05) is 11.3 Å². The number of rotatable bonds is 5. The number of likely N-dealkylation sites (tertiary alicyclic amines) is 1. The summed E-state index contributed by atoms with van der Waals surface area (Å²) < 4.78 is 0. The molecule has 2 rings (SSSR count). The van der Waals surface area contributed by atoms with Gasteiger partial charge >= 0.3 is 0 Å². The molecule has 1 aliphatic heterocycles. The van der Waals surface area contributed by atoms with Gasteiger partial charge in [-0.2, -0.15) is 0 Å². The summed E-state index contributed by atoms with van der Waals surface area (Å²) in [5, 5.41) is 3.61. The number of nitrogens with one attached hydrogen (secondary N) is 1. The summed E-state index contributed by atoms with van der Waals surface area (Å²) in [7, 11) is 0. The molecule has 0 radical (unpaired) electrons. The Morgan fingerprint density at radius 1 is 1.38 bits per heavy atom. The molecular formula is C13H22N2S. The second kappa shape index (κ2) is 5.80. The van der Waals surface area contributed by atoms with E-state index in [9.17, 15) is 0 Å². The smallest absolute Gasteiger partial charge is 0.0302 e. The first kappa shape index (κ1) is 12.1. The average Bonchev–Trinajstić information content (AvgIpc) is 2.87. The van der Waals surface area contributed by atoms with Crippen LogP contribution in [0.25, 0.3) is 0 Å². The highest BCUT2D eigenvalue weighted by Crippen LogP contribution is 2.15. The number of hydrogen-bond donors (Lipinski definition) is 1. The van der Waals surface area contributed by atoms with Gasteiger partial charge in [0.1, 0.15) is 0 Å². The fraction of sp³-hybridized carbons (Fsp3) is 0.692. The zero-order valence-electron chi connectivity index (χ0n) is 10.3. The molecule has 0 saturated carbocycles. The van der Waals surface area contributed by atoms with E-state index in [0.717, 1.165) is 6.54 Å². The van der Waals surface area contributed by atoms with Crippen LogP contribution in [0.2, 0.25) is 0 Å². The van der Waals surface area contributed by atoms with Crippen LogP contribution in [0.15, 0.2) is 12.1 Å². The van der Waals surface area contributed by atoms with Crippen molar-refractivity contribution in [1.82, 2.24) is 10.2 Å². The monoisotopic (exact) mass is 238 g/mol. The van der Waals surface area contributed by atoms with Crippen LogP contribution in [0.1, 0.15) is 29.5 Å². The molecule has 16 heavy (non-hydrogen) atoms. The molecule has 0 spiro atoms. The fourth-order valence-corrected chi connectivity index (χ4v) is 3.11. The molecule has 3 heteroatoms. The van der Waals surface area contributed by atoms with Crippen molar-refractivity contribution in [3.8, 4) is 0 Å². The van der Waals surface area contributed by atoms with E-state index in [4.69, 9.17) is 0 Å². The molecule has 0 aromatic carbocycles. The molecule has 1 fully saturated rings. The molecule has 90 valence electrons. The van der Waals surface area contributed by atoms with Crippen LogP contribution < -0.4 is 5.32 Å². The maximum Gasteiger partial charge on any atom is 0.0302 e. The molecule has 1 N–H and O–H groups in total. The summed E-state index contributed by atoms with van der Waals surface area (Å²) in [4.78, 5) is 5.42. The third-order valence-electron chi connectivity index (χ3n) is 3.15. The fourth-order valence-electron chi connectivity index (χ4n) is 2.27. The van der Waals surface area contributed by atoms with Crippen molar-refractivity contribution >= 4 is 11.3 Å². The predicted molar refractivity (Wildman–Crippen MR) is 71.0 cm³/mol. The van der Waals surface area contributed by atoms with Gasteiger partial charge in [0, 0.05) is 28.9 Å². The lowest BCUT2D eigenvalue weighted by Crippen LogP contribution is -2.37. The third kappa shape index (κ3) is 3.58. The highest BCUT2D eigenvalue weighted by atomic mass is 32.1. The summed E-state index contributed by atoms with van der Waals surface area (Å²) in [5.41, 5.74) is 0. The predicted octanol–water partition coefficient (Wildman–Crippen LogP) is 2.63. The first-order valence-corrected chi connectivity index (χ1v) is 7.07. The van der Waals surface area contributed by atoms with Crippen LogP contribution in [-0.2, 0) is 6.54 Å². The summed E-state index contributed by atoms with van der Waals surface area (Å²) in [6, 6.07) is 5.03. The van der Waals surface area contributed by atoms with E-state index >= 15 is 0 Å². The van der Waals surface area contributed by atoms with Crippen molar-refractivity contribution in [3.05, 3.63) is 21.9 Å². The quantitative estimate of drug-likeness (QED) is 0.848. The number of aryl methyl sites for hydroxylation is 1. The van der Waals surface area contributed by atoms with Crippen molar-refractivity contribution in [2.75, 3.05) is 19.6 Å². The summed E-state index contributed by atoms with van der Waals surface area (Å²) in [5.74, 6) is 0. The Morgan fingerprint density at radius 3 is 2.75 bits per heavy atom. The molecule has 2 heterocycles. The van der Waals surface area contributed by atoms with Gasteiger partial charge in [-0.1, -0.05) is 0 Å². The van der Waals surface area contributed by atoms with E-state index in [1.54, 1.807) is 0 Å². The molecule has 2 nitrogen and oxygen atoms in total. The molecule has 0 amide bonds. The largest absolute Gasteiger partial charge is 0.308 e. The normalized spacial score (nSPS) is 19.1. The van der Waals surface area contributed by atoms with Crippen LogP contribution in [0.4, 0.5) is 0 Å². The Balaban J connectivity index is 1.68. The van der Waals surface area contributed by atoms with Crippen molar-refractivity contribution < 1.29 is 0 Å². The lowest BCUT2D eigenvalue weighted by Gasteiger charge is -2.20. The molecule has 1 aromatic heterocycles. The Kier molecular flexibility index (Phi) is 4.38. The summed E-state index contributed by atoms with van der Waals surface area (Å²) in [6.07, 6.45) is 2.77. The third-order valence-corrected chi connectivity index (χ3v) is 4.15. The van der Waals surface area contributed by atoms with E-state index < -0.39 is 0 Å². The van der Waals surface area contributed by atoms with E-state index in [-0.39, 0.29) is 0 Å². The molecule has 1 aliphatic rings. The zero-order chi connectivity index (χ0) is 11.4. The van der Waals surface area contributed by atoms with Crippen molar-refractivity contribution in [3.63, 3.8) is 0 Å². The van der Waals surface area contributed by atoms with E-state index in [1.165, 1.54) is 42.2 Å². The molecule has 1 saturated heterocycles. The highest BCUT2D eigenvalue weighted by molar-refractivity contribution is 7.11. The van der Waals surface area contributed by atoms with Crippen LogP contribution in [0, 0.1) is 6.92 Å². The summed E-state index contributed by atoms with van der Waals surface area (Å²) >= 11 is 1.90. The van der Waals surface area contributed by atoms with Gasteiger partial charge in [0.2, 0.25) is 0 Å². The second-order valence-electron chi connectivity index (χ2n) is 4.80. The van der Waals surface area contributed by atoms with Gasteiger partial charge in [-0.3, -0.25) is 0 Å². The maximum atomic E-state index is 3.61. The van der Waals surface area contributed by atoms with Gasteiger partial charge in [0.15, 0.2) is 0 Å². The van der Waals surface area contributed by atoms with Gasteiger partial charge in [-0.05, 0) is 51.9 Å². The molecule has 0 bridgehead atoms. The van der Waals surface area contributed by atoms with Gasteiger partial charge < -0.3 is 10.2 Å². The van der Waals surface area contributed by atoms with E-state index in [2.05, 4.69) is 36.2 Å². The standard InChI is InChI=1S/C13H22N2S/c1-11(10-15-7-3-4-8-15)14-9-13-6-5-12(2)16-13/h5-6,11,14H,3-4,7-10H2,1-2H3. The Bertz CT molecular complexity index is 315. The minimum Gasteiger partial charge on any atom is -0.308 e.